The molecule has 1 unspecified atom stereocenters. The van der Waals surface area contributed by atoms with Crippen molar-refractivity contribution in [1.29, 1.82) is 0 Å². The minimum Gasteiger partial charge on any atom is -0.368 e. The van der Waals surface area contributed by atoms with E-state index in [9.17, 15) is 9.59 Å². The number of primary amides is 1. The third-order valence-electron chi connectivity index (χ3n) is 3.87. The van der Waals surface area contributed by atoms with Gasteiger partial charge in [-0.25, -0.2) is 4.79 Å². The first-order chi connectivity index (χ1) is 8.59. The van der Waals surface area contributed by atoms with Crippen LogP contribution in [0, 0.1) is 5.92 Å². The van der Waals surface area contributed by atoms with Gasteiger partial charge in [0.25, 0.3) is 0 Å². The molecule has 2 aliphatic rings. The van der Waals surface area contributed by atoms with Crippen LogP contribution in [-0.2, 0) is 4.79 Å². The molecule has 0 bridgehead atoms. The predicted octanol–water partition coefficient (Wildman–Crippen LogP) is -0.403. The molecule has 0 aromatic heterocycles. The van der Waals surface area contributed by atoms with Crippen molar-refractivity contribution in [3.63, 3.8) is 0 Å². The maximum absolute atomic E-state index is 12.4. The van der Waals surface area contributed by atoms with Crippen LogP contribution in [0.1, 0.15) is 19.8 Å². The van der Waals surface area contributed by atoms with Crippen LogP contribution in [0.25, 0.3) is 0 Å². The summed E-state index contributed by atoms with van der Waals surface area (Å²) in [5.74, 6) is 0.255. The zero-order valence-corrected chi connectivity index (χ0v) is 10.9. The third kappa shape index (κ3) is 2.75. The minimum absolute atomic E-state index is 0.0350. The molecule has 0 aromatic rings. The minimum atomic E-state index is -0.509. The maximum Gasteiger partial charge on any atom is 0.320 e. The second-order valence-corrected chi connectivity index (χ2v) is 5.27. The first-order valence-electron chi connectivity index (χ1n) is 6.65. The topological polar surface area (TPSA) is 78.7 Å². The van der Waals surface area contributed by atoms with Gasteiger partial charge in [0, 0.05) is 32.7 Å². The van der Waals surface area contributed by atoms with Crippen molar-refractivity contribution in [2.24, 2.45) is 11.7 Å². The van der Waals surface area contributed by atoms with Gasteiger partial charge in [-0.1, -0.05) is 6.92 Å². The van der Waals surface area contributed by atoms with E-state index in [4.69, 9.17) is 5.73 Å². The second-order valence-electron chi connectivity index (χ2n) is 5.27. The number of nitrogens with one attached hydrogen (secondary N) is 1. The third-order valence-corrected chi connectivity index (χ3v) is 3.87. The molecular formula is C12H22N4O2. The highest BCUT2D eigenvalue weighted by atomic mass is 16.2. The Morgan fingerprint density at radius 2 is 1.89 bits per heavy atom. The Labute approximate surface area is 107 Å². The smallest absolute Gasteiger partial charge is 0.320 e. The van der Waals surface area contributed by atoms with E-state index in [2.05, 4.69) is 12.2 Å². The molecule has 2 heterocycles. The number of carbonyl (C=O) groups excluding carboxylic acids is 2. The number of piperazine rings is 1. The van der Waals surface area contributed by atoms with Crippen LogP contribution in [0.3, 0.4) is 0 Å². The Kier molecular flexibility index (Phi) is 4.06. The van der Waals surface area contributed by atoms with Crippen molar-refractivity contribution in [3.05, 3.63) is 0 Å². The molecule has 102 valence electrons. The van der Waals surface area contributed by atoms with Crippen molar-refractivity contribution in [2.45, 2.75) is 25.8 Å². The molecule has 2 saturated heterocycles. The van der Waals surface area contributed by atoms with E-state index in [0.717, 1.165) is 32.5 Å². The average Bonchev–Trinajstić information content (AvgIpc) is 2.39. The van der Waals surface area contributed by atoms with Gasteiger partial charge in [-0.15, -0.1) is 0 Å². The Morgan fingerprint density at radius 1 is 1.22 bits per heavy atom. The fraction of sp³-hybridized carbons (Fsp3) is 0.833. The highest BCUT2D eigenvalue weighted by Crippen LogP contribution is 2.18. The number of amides is 3. The Morgan fingerprint density at radius 3 is 2.50 bits per heavy atom. The summed E-state index contributed by atoms with van der Waals surface area (Å²) in [7, 11) is 0. The number of hydrogen-bond donors (Lipinski definition) is 2. The highest BCUT2D eigenvalue weighted by molar-refractivity contribution is 5.86. The number of likely N-dealkylation sites (tertiary alicyclic amines) is 1. The van der Waals surface area contributed by atoms with Gasteiger partial charge in [-0.2, -0.15) is 0 Å². The molecule has 2 rings (SSSR count). The van der Waals surface area contributed by atoms with E-state index in [1.165, 1.54) is 0 Å². The van der Waals surface area contributed by atoms with Crippen LogP contribution in [0.4, 0.5) is 4.79 Å². The summed E-state index contributed by atoms with van der Waals surface area (Å²) in [4.78, 5) is 27.2. The van der Waals surface area contributed by atoms with Crippen LogP contribution in [0.5, 0.6) is 0 Å². The molecule has 0 aromatic carbocycles. The molecule has 0 spiro atoms. The molecule has 0 aliphatic carbocycles. The lowest BCUT2D eigenvalue weighted by Crippen LogP contribution is -2.61. The van der Waals surface area contributed by atoms with Crippen molar-refractivity contribution in [1.82, 2.24) is 15.1 Å². The quantitative estimate of drug-likeness (QED) is 0.668. The van der Waals surface area contributed by atoms with Gasteiger partial charge in [0.2, 0.25) is 5.91 Å². The zero-order valence-electron chi connectivity index (χ0n) is 10.9. The van der Waals surface area contributed by atoms with Crippen LogP contribution >= 0.6 is 0 Å². The normalized spacial score (nSPS) is 26.2. The van der Waals surface area contributed by atoms with Crippen molar-refractivity contribution in [2.75, 3.05) is 32.7 Å². The monoisotopic (exact) mass is 254 g/mol. The lowest BCUT2D eigenvalue weighted by atomic mass is 9.99. The Balaban J connectivity index is 2.00. The molecule has 0 saturated carbocycles. The van der Waals surface area contributed by atoms with Crippen molar-refractivity contribution >= 4 is 11.9 Å². The van der Waals surface area contributed by atoms with Gasteiger partial charge in [-0.05, 0) is 18.8 Å². The zero-order chi connectivity index (χ0) is 13.1. The van der Waals surface area contributed by atoms with Gasteiger partial charge in [-0.3, -0.25) is 4.79 Å². The summed E-state index contributed by atoms with van der Waals surface area (Å²) in [6.45, 7) is 5.52. The molecule has 18 heavy (non-hydrogen) atoms. The molecule has 2 fully saturated rings. The molecule has 0 radical (unpaired) electrons. The molecule has 1 atom stereocenters. The SMILES string of the molecule is CC1CCN(C(=O)N2CCNCC2C(N)=O)CC1. The summed E-state index contributed by atoms with van der Waals surface area (Å²) < 4.78 is 0. The Bertz CT molecular complexity index is 326. The van der Waals surface area contributed by atoms with Gasteiger partial charge in [0.15, 0.2) is 0 Å². The number of rotatable bonds is 1. The van der Waals surface area contributed by atoms with Crippen LogP contribution < -0.4 is 11.1 Å². The first-order valence-corrected chi connectivity index (χ1v) is 6.65. The summed E-state index contributed by atoms with van der Waals surface area (Å²) in [6.07, 6.45) is 2.08. The summed E-state index contributed by atoms with van der Waals surface area (Å²) in [6, 6.07) is -0.544. The number of urea groups is 1. The first kappa shape index (κ1) is 13.1. The molecule has 3 amide bonds. The van der Waals surface area contributed by atoms with E-state index >= 15 is 0 Å². The van der Waals surface area contributed by atoms with Gasteiger partial charge >= 0.3 is 6.03 Å². The van der Waals surface area contributed by atoms with Crippen LogP contribution in [-0.4, -0.2) is 60.5 Å². The van der Waals surface area contributed by atoms with Gasteiger partial charge in [0.05, 0.1) is 0 Å². The van der Waals surface area contributed by atoms with Gasteiger partial charge in [0.1, 0.15) is 6.04 Å². The number of piperidine rings is 1. The number of nitrogens with zero attached hydrogens (tertiary/aromatic N) is 2. The molecule has 6 heteroatoms. The largest absolute Gasteiger partial charge is 0.368 e. The fourth-order valence-corrected chi connectivity index (χ4v) is 2.57. The Hall–Kier alpha value is -1.30. The van der Waals surface area contributed by atoms with E-state index < -0.39 is 11.9 Å². The van der Waals surface area contributed by atoms with E-state index in [-0.39, 0.29) is 6.03 Å². The standard InChI is InChI=1S/C12H22N4O2/c1-9-2-5-15(6-3-9)12(18)16-7-4-14-8-10(16)11(13)17/h9-10,14H,2-8H2,1H3,(H2,13,17). The second kappa shape index (κ2) is 5.56. The number of nitrogens with two attached hydrogens (primary N) is 1. The summed E-state index contributed by atoms with van der Waals surface area (Å²) >= 11 is 0. The highest BCUT2D eigenvalue weighted by Gasteiger charge is 2.34. The fourth-order valence-electron chi connectivity index (χ4n) is 2.57. The molecular weight excluding hydrogens is 232 g/mol. The molecule has 2 aliphatic heterocycles. The lowest BCUT2D eigenvalue weighted by molar-refractivity contribution is -0.123. The summed E-state index contributed by atoms with van der Waals surface area (Å²) in [5.41, 5.74) is 5.36. The van der Waals surface area contributed by atoms with E-state index in [1.807, 2.05) is 4.90 Å². The van der Waals surface area contributed by atoms with Crippen LogP contribution in [0.2, 0.25) is 0 Å². The number of hydrogen-bond acceptors (Lipinski definition) is 3. The van der Waals surface area contributed by atoms with E-state index in [1.54, 1.807) is 4.90 Å². The lowest BCUT2D eigenvalue weighted by Gasteiger charge is -2.39. The van der Waals surface area contributed by atoms with Crippen LogP contribution in [0.15, 0.2) is 0 Å². The average molecular weight is 254 g/mol. The van der Waals surface area contributed by atoms with Gasteiger partial charge < -0.3 is 20.9 Å². The van der Waals surface area contributed by atoms with Crippen molar-refractivity contribution in [3.8, 4) is 0 Å². The molecule has 3 N–H and O–H groups in total. The molecule has 6 nitrogen and oxygen atoms in total. The maximum atomic E-state index is 12.4. The summed E-state index contributed by atoms with van der Waals surface area (Å²) in [5, 5.41) is 3.10. The number of carbonyl (C=O) groups is 2. The van der Waals surface area contributed by atoms with Crippen molar-refractivity contribution < 1.29 is 9.59 Å². The predicted molar refractivity (Wildman–Crippen MR) is 67.9 cm³/mol. The van der Waals surface area contributed by atoms with E-state index in [0.29, 0.717) is 19.0 Å².